The standard InChI is InChI=1S/C10H10N6O2S/c1-13-19(17,18)9-3-2-7(4-8(9)12)16-6-14-10(5-11)15-16/h2-4,6,13H,12H2,1H3. The van der Waals surface area contributed by atoms with Crippen LogP contribution in [-0.4, -0.2) is 30.2 Å². The van der Waals surface area contributed by atoms with E-state index in [2.05, 4.69) is 14.8 Å². The maximum Gasteiger partial charge on any atom is 0.252 e. The molecule has 1 aromatic heterocycles. The fourth-order valence-corrected chi connectivity index (χ4v) is 2.31. The van der Waals surface area contributed by atoms with Crippen LogP contribution in [0.2, 0.25) is 0 Å². The molecule has 1 heterocycles. The molecular weight excluding hydrogens is 268 g/mol. The summed E-state index contributed by atoms with van der Waals surface area (Å²) in [6.07, 6.45) is 1.35. The predicted octanol–water partition coefficient (Wildman–Crippen LogP) is -0.371. The van der Waals surface area contributed by atoms with E-state index >= 15 is 0 Å². The van der Waals surface area contributed by atoms with E-state index in [1.54, 1.807) is 6.07 Å². The van der Waals surface area contributed by atoms with E-state index in [9.17, 15) is 8.42 Å². The van der Waals surface area contributed by atoms with E-state index in [0.29, 0.717) is 5.69 Å². The number of anilines is 1. The first-order valence-corrected chi connectivity index (χ1v) is 6.61. The third-order valence-electron chi connectivity index (χ3n) is 2.41. The summed E-state index contributed by atoms with van der Waals surface area (Å²) in [4.78, 5) is 3.73. The van der Waals surface area contributed by atoms with Gasteiger partial charge in [-0.1, -0.05) is 0 Å². The molecule has 0 saturated carbocycles. The minimum absolute atomic E-state index is 0.0145. The van der Waals surface area contributed by atoms with Gasteiger partial charge in [-0.25, -0.2) is 22.8 Å². The molecule has 2 rings (SSSR count). The molecule has 9 heteroatoms. The second kappa shape index (κ2) is 4.68. The first-order valence-electron chi connectivity index (χ1n) is 5.13. The van der Waals surface area contributed by atoms with Crippen LogP contribution in [0.1, 0.15) is 5.82 Å². The number of rotatable bonds is 3. The number of nitriles is 1. The molecule has 19 heavy (non-hydrogen) atoms. The lowest BCUT2D eigenvalue weighted by Crippen LogP contribution is -2.20. The Labute approximate surface area is 109 Å². The lowest BCUT2D eigenvalue weighted by Gasteiger charge is -2.08. The topological polar surface area (TPSA) is 127 Å². The molecule has 1 aromatic carbocycles. The van der Waals surface area contributed by atoms with Crippen LogP contribution in [0.3, 0.4) is 0 Å². The number of benzene rings is 1. The molecule has 8 nitrogen and oxygen atoms in total. The molecule has 0 aliphatic heterocycles. The highest BCUT2D eigenvalue weighted by Gasteiger charge is 2.15. The van der Waals surface area contributed by atoms with Crippen LogP contribution in [0.5, 0.6) is 0 Å². The average Bonchev–Trinajstić information content (AvgIpc) is 2.87. The number of aromatic nitrogens is 3. The molecule has 0 spiro atoms. The van der Waals surface area contributed by atoms with Crippen molar-refractivity contribution in [1.29, 1.82) is 5.26 Å². The Kier molecular flexibility index (Phi) is 3.20. The second-order valence-corrected chi connectivity index (χ2v) is 5.41. The van der Waals surface area contributed by atoms with E-state index in [4.69, 9.17) is 11.0 Å². The lowest BCUT2D eigenvalue weighted by atomic mass is 10.3. The van der Waals surface area contributed by atoms with Gasteiger partial charge in [0.05, 0.1) is 11.4 Å². The van der Waals surface area contributed by atoms with Crippen LogP contribution in [0, 0.1) is 11.3 Å². The molecule has 0 unspecified atom stereocenters. The number of sulfonamides is 1. The third kappa shape index (κ3) is 2.40. The molecule has 0 aliphatic carbocycles. The second-order valence-electron chi connectivity index (χ2n) is 3.55. The van der Waals surface area contributed by atoms with E-state index in [0.717, 1.165) is 0 Å². The molecule has 2 aromatic rings. The Morgan fingerprint density at radius 1 is 1.47 bits per heavy atom. The molecule has 0 saturated heterocycles. The highest BCUT2D eigenvalue weighted by atomic mass is 32.2. The molecule has 0 atom stereocenters. The van der Waals surface area contributed by atoms with Crippen molar-refractivity contribution in [3.05, 3.63) is 30.4 Å². The van der Waals surface area contributed by atoms with E-state index in [1.807, 2.05) is 0 Å². The molecule has 0 aliphatic rings. The number of hydrogen-bond donors (Lipinski definition) is 2. The van der Waals surface area contributed by atoms with Gasteiger partial charge in [-0.2, -0.15) is 5.26 Å². The summed E-state index contributed by atoms with van der Waals surface area (Å²) in [6.45, 7) is 0. The Morgan fingerprint density at radius 2 is 2.21 bits per heavy atom. The molecule has 0 radical (unpaired) electrons. The highest BCUT2D eigenvalue weighted by molar-refractivity contribution is 7.89. The Morgan fingerprint density at radius 3 is 2.74 bits per heavy atom. The first kappa shape index (κ1) is 13.0. The van der Waals surface area contributed by atoms with Gasteiger partial charge < -0.3 is 5.73 Å². The first-order chi connectivity index (χ1) is 8.97. The number of nitrogens with one attached hydrogen (secondary N) is 1. The molecule has 0 bridgehead atoms. The normalized spacial score (nSPS) is 11.2. The summed E-state index contributed by atoms with van der Waals surface area (Å²) in [5, 5.41) is 12.5. The van der Waals surface area contributed by atoms with Crippen LogP contribution < -0.4 is 10.5 Å². The van der Waals surface area contributed by atoms with Gasteiger partial charge in [0.1, 0.15) is 17.3 Å². The van der Waals surface area contributed by atoms with Crippen LogP contribution in [-0.2, 0) is 10.0 Å². The van der Waals surface area contributed by atoms with Crippen LogP contribution >= 0.6 is 0 Å². The minimum Gasteiger partial charge on any atom is -0.398 e. The number of nitrogens with two attached hydrogens (primary N) is 1. The van der Waals surface area contributed by atoms with Crippen molar-refractivity contribution in [2.24, 2.45) is 0 Å². The van der Waals surface area contributed by atoms with Crippen molar-refractivity contribution < 1.29 is 8.42 Å². The van der Waals surface area contributed by atoms with Crippen LogP contribution in [0.25, 0.3) is 5.69 Å². The fraction of sp³-hybridized carbons (Fsp3) is 0.100. The van der Waals surface area contributed by atoms with Gasteiger partial charge in [0.2, 0.25) is 10.0 Å². The fourth-order valence-electron chi connectivity index (χ4n) is 1.47. The Bertz CT molecular complexity index is 759. The maximum absolute atomic E-state index is 11.7. The van der Waals surface area contributed by atoms with Gasteiger partial charge in [0.15, 0.2) is 0 Å². The minimum atomic E-state index is -3.60. The van der Waals surface area contributed by atoms with Crippen molar-refractivity contribution in [3.63, 3.8) is 0 Å². The molecular formula is C10H10N6O2S. The average molecular weight is 278 g/mol. The summed E-state index contributed by atoms with van der Waals surface area (Å²) < 4.78 is 26.8. The molecule has 98 valence electrons. The third-order valence-corrected chi connectivity index (χ3v) is 3.90. The zero-order valence-electron chi connectivity index (χ0n) is 9.90. The summed E-state index contributed by atoms with van der Waals surface area (Å²) >= 11 is 0. The maximum atomic E-state index is 11.7. The summed E-state index contributed by atoms with van der Waals surface area (Å²) in [5.74, 6) is 0.0190. The van der Waals surface area contributed by atoms with Gasteiger partial charge in [0, 0.05) is 0 Å². The van der Waals surface area contributed by atoms with Gasteiger partial charge in [-0.15, -0.1) is 5.10 Å². The predicted molar refractivity (Wildman–Crippen MR) is 66.7 cm³/mol. The van der Waals surface area contributed by atoms with Crippen LogP contribution in [0.15, 0.2) is 29.4 Å². The van der Waals surface area contributed by atoms with E-state index in [-0.39, 0.29) is 16.4 Å². The van der Waals surface area contributed by atoms with E-state index < -0.39 is 10.0 Å². The molecule has 3 N–H and O–H groups in total. The van der Waals surface area contributed by atoms with Gasteiger partial charge >= 0.3 is 0 Å². The van der Waals surface area contributed by atoms with Gasteiger partial charge in [-0.3, -0.25) is 0 Å². The summed E-state index contributed by atoms with van der Waals surface area (Å²) in [7, 11) is -2.30. The zero-order chi connectivity index (χ0) is 14.0. The largest absolute Gasteiger partial charge is 0.398 e. The van der Waals surface area contributed by atoms with Crippen molar-refractivity contribution >= 4 is 15.7 Å². The molecule has 0 amide bonds. The van der Waals surface area contributed by atoms with Crippen molar-refractivity contribution in [1.82, 2.24) is 19.5 Å². The Balaban J connectivity index is 2.48. The zero-order valence-corrected chi connectivity index (χ0v) is 10.7. The smallest absolute Gasteiger partial charge is 0.252 e. The SMILES string of the molecule is CNS(=O)(=O)c1ccc(-n2cnc(C#N)n2)cc1N. The van der Waals surface area contributed by atoms with Crippen molar-refractivity contribution in [2.75, 3.05) is 12.8 Å². The van der Waals surface area contributed by atoms with Gasteiger partial charge in [0.25, 0.3) is 5.82 Å². The lowest BCUT2D eigenvalue weighted by molar-refractivity contribution is 0.588. The van der Waals surface area contributed by atoms with Crippen LogP contribution in [0.4, 0.5) is 5.69 Å². The summed E-state index contributed by atoms with van der Waals surface area (Å²) in [6, 6.07) is 6.13. The number of nitrogens with zero attached hydrogens (tertiary/aromatic N) is 4. The van der Waals surface area contributed by atoms with Crippen molar-refractivity contribution in [3.8, 4) is 11.8 Å². The quantitative estimate of drug-likeness (QED) is 0.737. The van der Waals surface area contributed by atoms with E-state index in [1.165, 1.54) is 36.3 Å². The highest BCUT2D eigenvalue weighted by Crippen LogP contribution is 2.21. The number of hydrogen-bond acceptors (Lipinski definition) is 6. The number of nitrogen functional groups attached to an aromatic ring is 1. The molecule has 0 fully saturated rings. The van der Waals surface area contributed by atoms with Crippen molar-refractivity contribution in [2.45, 2.75) is 4.90 Å². The Hall–Kier alpha value is -2.44. The monoisotopic (exact) mass is 278 g/mol. The van der Waals surface area contributed by atoms with Gasteiger partial charge in [-0.05, 0) is 25.2 Å². The summed E-state index contributed by atoms with van der Waals surface area (Å²) in [5.41, 5.74) is 6.31.